The lowest BCUT2D eigenvalue weighted by Gasteiger charge is -2.24. The molecule has 0 aliphatic heterocycles. The second-order valence-corrected chi connectivity index (χ2v) is 4.89. The lowest BCUT2D eigenvalue weighted by Crippen LogP contribution is -2.25. The fourth-order valence-electron chi connectivity index (χ4n) is 2.32. The van der Waals surface area contributed by atoms with Crippen LogP contribution in [0.4, 0.5) is 14.5 Å². The van der Waals surface area contributed by atoms with Crippen LogP contribution in [0.2, 0.25) is 0 Å². The zero-order valence-electron chi connectivity index (χ0n) is 12.0. The van der Waals surface area contributed by atoms with E-state index in [2.05, 4.69) is 0 Å². The highest BCUT2D eigenvalue weighted by molar-refractivity contribution is 5.46. The molecule has 2 nitrogen and oxygen atoms in total. The van der Waals surface area contributed by atoms with Gasteiger partial charge in [0.05, 0.1) is 6.10 Å². The van der Waals surface area contributed by atoms with E-state index in [0.717, 1.165) is 5.69 Å². The molecule has 0 saturated carbocycles. The lowest BCUT2D eigenvalue weighted by atomic mass is 10.1. The van der Waals surface area contributed by atoms with E-state index in [1.54, 1.807) is 24.3 Å². The average molecular weight is 291 g/mol. The fourth-order valence-corrected chi connectivity index (χ4v) is 2.32. The summed E-state index contributed by atoms with van der Waals surface area (Å²) in [5.74, 6) is -0.695. The first-order chi connectivity index (χ1) is 10.1. The Morgan fingerprint density at radius 1 is 1.10 bits per heavy atom. The molecule has 1 N–H and O–H groups in total. The van der Waals surface area contributed by atoms with E-state index in [1.807, 2.05) is 17.9 Å². The molecule has 0 radical (unpaired) electrons. The van der Waals surface area contributed by atoms with E-state index in [0.29, 0.717) is 25.1 Å². The van der Waals surface area contributed by atoms with Crippen LogP contribution in [0, 0.1) is 11.6 Å². The first kappa shape index (κ1) is 15.4. The van der Waals surface area contributed by atoms with Gasteiger partial charge in [0, 0.05) is 24.3 Å². The van der Waals surface area contributed by atoms with E-state index in [-0.39, 0.29) is 5.82 Å². The van der Waals surface area contributed by atoms with Crippen molar-refractivity contribution in [3.8, 4) is 0 Å². The Morgan fingerprint density at radius 3 is 2.52 bits per heavy atom. The number of anilines is 1. The SMILES string of the molecule is CCN(CCC(O)c1ccccc1F)c1cccc(F)c1. The van der Waals surface area contributed by atoms with Gasteiger partial charge in [-0.2, -0.15) is 0 Å². The van der Waals surface area contributed by atoms with Gasteiger partial charge in [0.1, 0.15) is 11.6 Å². The maximum absolute atomic E-state index is 13.6. The minimum atomic E-state index is -0.867. The molecule has 4 heteroatoms. The molecule has 2 aromatic carbocycles. The number of aliphatic hydroxyl groups is 1. The Labute approximate surface area is 123 Å². The van der Waals surface area contributed by atoms with Gasteiger partial charge in [-0.05, 0) is 37.6 Å². The number of hydrogen-bond donors (Lipinski definition) is 1. The van der Waals surface area contributed by atoms with Gasteiger partial charge >= 0.3 is 0 Å². The molecular weight excluding hydrogens is 272 g/mol. The van der Waals surface area contributed by atoms with Gasteiger partial charge in [0.15, 0.2) is 0 Å². The summed E-state index contributed by atoms with van der Waals surface area (Å²) in [5, 5.41) is 10.1. The topological polar surface area (TPSA) is 23.5 Å². The Balaban J connectivity index is 2.02. The Bertz CT molecular complexity index is 589. The summed E-state index contributed by atoms with van der Waals surface area (Å²) >= 11 is 0. The molecule has 2 rings (SSSR count). The summed E-state index contributed by atoms with van der Waals surface area (Å²) in [6, 6.07) is 12.5. The van der Waals surface area contributed by atoms with Crippen LogP contribution in [-0.4, -0.2) is 18.2 Å². The van der Waals surface area contributed by atoms with Gasteiger partial charge in [-0.3, -0.25) is 0 Å². The summed E-state index contributed by atoms with van der Waals surface area (Å²) in [4.78, 5) is 1.95. The fraction of sp³-hybridized carbons (Fsp3) is 0.294. The maximum Gasteiger partial charge on any atom is 0.128 e. The summed E-state index contributed by atoms with van der Waals surface area (Å²) in [5.41, 5.74) is 1.06. The average Bonchev–Trinajstić information content (AvgIpc) is 2.48. The monoisotopic (exact) mass is 291 g/mol. The third-order valence-electron chi connectivity index (χ3n) is 3.49. The van der Waals surface area contributed by atoms with Crippen molar-refractivity contribution in [3.05, 3.63) is 65.7 Å². The molecule has 0 aromatic heterocycles. The van der Waals surface area contributed by atoms with Crippen molar-refractivity contribution in [3.63, 3.8) is 0 Å². The van der Waals surface area contributed by atoms with Crippen molar-refractivity contribution in [1.82, 2.24) is 0 Å². The molecule has 0 fully saturated rings. The predicted molar refractivity (Wildman–Crippen MR) is 80.3 cm³/mol. The van der Waals surface area contributed by atoms with Crippen LogP contribution >= 0.6 is 0 Å². The van der Waals surface area contributed by atoms with Gasteiger partial charge in [-0.15, -0.1) is 0 Å². The van der Waals surface area contributed by atoms with Crippen LogP contribution in [0.3, 0.4) is 0 Å². The first-order valence-electron chi connectivity index (χ1n) is 7.04. The zero-order valence-corrected chi connectivity index (χ0v) is 12.0. The molecule has 1 atom stereocenters. The van der Waals surface area contributed by atoms with E-state index in [9.17, 15) is 13.9 Å². The Kier molecular flexibility index (Phi) is 5.28. The molecule has 112 valence electrons. The molecule has 0 spiro atoms. The van der Waals surface area contributed by atoms with Crippen LogP contribution in [-0.2, 0) is 0 Å². The van der Waals surface area contributed by atoms with Crippen molar-refractivity contribution in [1.29, 1.82) is 0 Å². The lowest BCUT2D eigenvalue weighted by molar-refractivity contribution is 0.165. The van der Waals surface area contributed by atoms with Crippen molar-refractivity contribution in [2.45, 2.75) is 19.4 Å². The standard InChI is InChI=1S/C17H19F2NO/c1-2-20(14-7-5-6-13(18)12-14)11-10-17(21)15-8-3-4-9-16(15)19/h3-9,12,17,21H,2,10-11H2,1H3. The molecule has 0 amide bonds. The smallest absolute Gasteiger partial charge is 0.128 e. The van der Waals surface area contributed by atoms with Crippen molar-refractivity contribution in [2.24, 2.45) is 0 Å². The number of halogens is 2. The maximum atomic E-state index is 13.6. The molecule has 21 heavy (non-hydrogen) atoms. The number of benzene rings is 2. The first-order valence-corrected chi connectivity index (χ1v) is 7.04. The van der Waals surface area contributed by atoms with Crippen LogP contribution in [0.15, 0.2) is 48.5 Å². The minimum Gasteiger partial charge on any atom is -0.388 e. The second kappa shape index (κ2) is 7.18. The van der Waals surface area contributed by atoms with Gasteiger partial charge in [-0.1, -0.05) is 24.3 Å². The number of hydrogen-bond acceptors (Lipinski definition) is 2. The minimum absolute atomic E-state index is 0.291. The van der Waals surface area contributed by atoms with Crippen LogP contribution in [0.25, 0.3) is 0 Å². The number of nitrogens with zero attached hydrogens (tertiary/aromatic N) is 1. The van der Waals surface area contributed by atoms with Crippen molar-refractivity contribution < 1.29 is 13.9 Å². The molecule has 1 unspecified atom stereocenters. The largest absolute Gasteiger partial charge is 0.388 e. The molecule has 2 aromatic rings. The number of aliphatic hydroxyl groups excluding tert-OH is 1. The second-order valence-electron chi connectivity index (χ2n) is 4.89. The quantitative estimate of drug-likeness (QED) is 0.872. The normalized spacial score (nSPS) is 12.2. The van der Waals surface area contributed by atoms with E-state index < -0.39 is 11.9 Å². The third kappa shape index (κ3) is 4.02. The highest BCUT2D eigenvalue weighted by Gasteiger charge is 2.14. The molecular formula is C17H19F2NO. The summed E-state index contributed by atoms with van der Waals surface area (Å²) in [6.07, 6.45) is -0.487. The third-order valence-corrected chi connectivity index (χ3v) is 3.49. The predicted octanol–water partition coefficient (Wildman–Crippen LogP) is 3.91. The highest BCUT2D eigenvalue weighted by atomic mass is 19.1. The van der Waals surface area contributed by atoms with E-state index in [1.165, 1.54) is 18.2 Å². The van der Waals surface area contributed by atoms with Crippen molar-refractivity contribution in [2.75, 3.05) is 18.0 Å². The molecule has 0 saturated heterocycles. The van der Waals surface area contributed by atoms with Crippen molar-refractivity contribution >= 4 is 5.69 Å². The van der Waals surface area contributed by atoms with E-state index >= 15 is 0 Å². The molecule has 0 aliphatic rings. The van der Waals surface area contributed by atoms with Gasteiger partial charge < -0.3 is 10.0 Å². The molecule has 0 aliphatic carbocycles. The van der Waals surface area contributed by atoms with E-state index in [4.69, 9.17) is 0 Å². The number of rotatable bonds is 6. The van der Waals surface area contributed by atoms with Crippen LogP contribution < -0.4 is 4.90 Å². The van der Waals surface area contributed by atoms with Gasteiger partial charge in [-0.25, -0.2) is 8.78 Å². The molecule has 0 heterocycles. The summed E-state index contributed by atoms with van der Waals surface area (Å²) in [6.45, 7) is 3.17. The molecule has 0 bridgehead atoms. The Morgan fingerprint density at radius 2 is 1.86 bits per heavy atom. The van der Waals surface area contributed by atoms with Crippen LogP contribution in [0.1, 0.15) is 25.0 Å². The van der Waals surface area contributed by atoms with Gasteiger partial charge in [0.2, 0.25) is 0 Å². The van der Waals surface area contributed by atoms with Crippen LogP contribution in [0.5, 0.6) is 0 Å². The zero-order chi connectivity index (χ0) is 15.2. The summed E-state index contributed by atoms with van der Waals surface area (Å²) in [7, 11) is 0. The highest BCUT2D eigenvalue weighted by Crippen LogP contribution is 2.22. The summed E-state index contributed by atoms with van der Waals surface area (Å²) < 4.78 is 26.9. The Hall–Kier alpha value is -1.94. The van der Waals surface area contributed by atoms with Gasteiger partial charge in [0.25, 0.3) is 0 Å².